The van der Waals surface area contributed by atoms with Crippen molar-refractivity contribution in [1.82, 2.24) is 4.98 Å². The molecule has 0 spiro atoms. The standard InChI is InChI=1S/C18H12N4O3/c19-10-15-14(11-4-3-5-12(8-11)22(24)25)9-16(21-18(15)20)13-6-1-2-7-17(13)23/h1-9,23H,(H2,20,21). The number of nitro benzene ring substituents is 1. The summed E-state index contributed by atoms with van der Waals surface area (Å²) < 4.78 is 0. The first-order chi connectivity index (χ1) is 12.0. The van der Waals surface area contributed by atoms with Gasteiger partial charge in [0.15, 0.2) is 0 Å². The maximum absolute atomic E-state index is 11.0. The average molecular weight is 332 g/mol. The molecule has 0 unspecified atom stereocenters. The number of nitrogens with two attached hydrogens (primary N) is 1. The molecular weight excluding hydrogens is 320 g/mol. The van der Waals surface area contributed by atoms with Crippen LogP contribution in [0.4, 0.5) is 11.5 Å². The van der Waals surface area contributed by atoms with Gasteiger partial charge in [0.2, 0.25) is 0 Å². The van der Waals surface area contributed by atoms with Crippen molar-refractivity contribution in [3.8, 4) is 34.2 Å². The number of anilines is 1. The molecule has 3 rings (SSSR count). The number of phenolic OH excluding ortho intramolecular Hbond substituents is 1. The Morgan fingerprint density at radius 3 is 2.56 bits per heavy atom. The highest BCUT2D eigenvalue weighted by Gasteiger charge is 2.16. The van der Waals surface area contributed by atoms with E-state index in [9.17, 15) is 20.5 Å². The minimum atomic E-state index is -0.510. The molecule has 2 aromatic carbocycles. The molecule has 0 amide bonds. The predicted molar refractivity (Wildman–Crippen MR) is 92.6 cm³/mol. The Kier molecular flexibility index (Phi) is 4.02. The van der Waals surface area contributed by atoms with E-state index in [1.165, 1.54) is 24.3 Å². The normalized spacial score (nSPS) is 10.2. The highest BCUT2D eigenvalue weighted by atomic mass is 16.6. The summed E-state index contributed by atoms with van der Waals surface area (Å²) in [6.45, 7) is 0. The lowest BCUT2D eigenvalue weighted by Gasteiger charge is -2.11. The number of hydrogen-bond donors (Lipinski definition) is 2. The Hall–Kier alpha value is -3.92. The maximum Gasteiger partial charge on any atom is 0.270 e. The molecule has 122 valence electrons. The van der Waals surface area contributed by atoms with Crippen LogP contribution in [0, 0.1) is 21.4 Å². The van der Waals surface area contributed by atoms with Crippen LogP contribution in [0.5, 0.6) is 5.75 Å². The number of aromatic hydroxyl groups is 1. The lowest BCUT2D eigenvalue weighted by atomic mass is 9.98. The number of aromatic nitrogens is 1. The highest BCUT2D eigenvalue weighted by molar-refractivity contribution is 5.82. The van der Waals surface area contributed by atoms with Gasteiger partial charge in [-0.1, -0.05) is 24.3 Å². The van der Waals surface area contributed by atoms with Crippen LogP contribution in [0.2, 0.25) is 0 Å². The van der Waals surface area contributed by atoms with E-state index in [2.05, 4.69) is 4.98 Å². The van der Waals surface area contributed by atoms with E-state index in [1.807, 2.05) is 6.07 Å². The van der Waals surface area contributed by atoms with E-state index in [0.717, 1.165) is 0 Å². The monoisotopic (exact) mass is 332 g/mol. The van der Waals surface area contributed by atoms with Gasteiger partial charge in [-0.3, -0.25) is 10.1 Å². The maximum atomic E-state index is 11.0. The number of rotatable bonds is 3. The number of hydrogen-bond acceptors (Lipinski definition) is 6. The molecule has 0 aliphatic carbocycles. The summed E-state index contributed by atoms with van der Waals surface area (Å²) in [6.07, 6.45) is 0. The fourth-order valence-corrected chi connectivity index (χ4v) is 2.53. The number of non-ortho nitro benzene ring substituents is 1. The number of phenols is 1. The minimum absolute atomic E-state index is 0.00948. The third-order valence-electron chi connectivity index (χ3n) is 3.71. The molecule has 3 aromatic rings. The molecule has 0 aliphatic heterocycles. The van der Waals surface area contributed by atoms with E-state index >= 15 is 0 Å². The van der Waals surface area contributed by atoms with Crippen molar-refractivity contribution in [2.75, 3.05) is 5.73 Å². The molecule has 25 heavy (non-hydrogen) atoms. The first-order valence-corrected chi connectivity index (χ1v) is 7.25. The first-order valence-electron chi connectivity index (χ1n) is 7.25. The second kappa shape index (κ2) is 6.29. The van der Waals surface area contributed by atoms with Crippen molar-refractivity contribution in [3.05, 3.63) is 70.3 Å². The van der Waals surface area contributed by atoms with Crippen molar-refractivity contribution < 1.29 is 10.0 Å². The fraction of sp³-hybridized carbons (Fsp3) is 0. The molecule has 7 nitrogen and oxygen atoms in total. The van der Waals surface area contributed by atoms with Crippen LogP contribution in [0.25, 0.3) is 22.4 Å². The van der Waals surface area contributed by atoms with Gasteiger partial charge in [0.25, 0.3) is 5.69 Å². The van der Waals surface area contributed by atoms with Crippen LogP contribution in [0.15, 0.2) is 54.6 Å². The first kappa shape index (κ1) is 16.0. The molecule has 0 fully saturated rings. The number of pyridine rings is 1. The summed E-state index contributed by atoms with van der Waals surface area (Å²) in [7, 11) is 0. The Morgan fingerprint density at radius 2 is 1.88 bits per heavy atom. The van der Waals surface area contributed by atoms with Crippen molar-refractivity contribution in [3.63, 3.8) is 0 Å². The van der Waals surface area contributed by atoms with Crippen LogP contribution < -0.4 is 5.73 Å². The molecule has 1 aromatic heterocycles. The molecule has 0 radical (unpaired) electrons. The third kappa shape index (κ3) is 2.96. The van der Waals surface area contributed by atoms with Crippen LogP contribution in [-0.4, -0.2) is 15.0 Å². The number of para-hydroxylation sites is 1. The summed E-state index contributed by atoms with van der Waals surface area (Å²) in [4.78, 5) is 14.7. The summed E-state index contributed by atoms with van der Waals surface area (Å²) in [5.74, 6) is 0.00820. The van der Waals surface area contributed by atoms with Crippen LogP contribution >= 0.6 is 0 Å². The molecule has 1 heterocycles. The number of benzene rings is 2. The van der Waals surface area contributed by atoms with E-state index in [-0.39, 0.29) is 22.8 Å². The third-order valence-corrected chi connectivity index (χ3v) is 3.71. The average Bonchev–Trinajstić information content (AvgIpc) is 2.61. The molecule has 0 saturated carbocycles. The summed E-state index contributed by atoms with van der Waals surface area (Å²) in [5, 5.41) is 30.4. The molecule has 0 atom stereocenters. The van der Waals surface area contributed by atoms with E-state index in [1.54, 1.807) is 30.3 Å². The van der Waals surface area contributed by atoms with Crippen LogP contribution in [-0.2, 0) is 0 Å². The van der Waals surface area contributed by atoms with Gasteiger partial charge in [0.05, 0.1) is 10.6 Å². The molecule has 0 bridgehead atoms. The van der Waals surface area contributed by atoms with Gasteiger partial charge in [-0.25, -0.2) is 4.98 Å². The molecule has 0 saturated heterocycles. The Bertz CT molecular complexity index is 1030. The van der Waals surface area contributed by atoms with Crippen LogP contribution in [0.3, 0.4) is 0 Å². The van der Waals surface area contributed by atoms with Gasteiger partial charge in [-0.15, -0.1) is 0 Å². The van der Waals surface area contributed by atoms with Gasteiger partial charge in [0, 0.05) is 23.3 Å². The fourth-order valence-electron chi connectivity index (χ4n) is 2.53. The smallest absolute Gasteiger partial charge is 0.270 e. The SMILES string of the molecule is N#Cc1c(-c2cccc([N+](=O)[O-])c2)cc(-c2ccccc2O)nc1N. The van der Waals surface area contributed by atoms with E-state index in [4.69, 9.17) is 5.73 Å². The van der Waals surface area contributed by atoms with Crippen molar-refractivity contribution >= 4 is 11.5 Å². The van der Waals surface area contributed by atoms with Crippen LogP contribution in [0.1, 0.15) is 5.56 Å². The summed E-state index contributed by atoms with van der Waals surface area (Å²) >= 11 is 0. The molecular formula is C18H12N4O3. The van der Waals surface area contributed by atoms with Crippen molar-refractivity contribution in [2.24, 2.45) is 0 Å². The predicted octanol–water partition coefficient (Wildman–Crippen LogP) is 3.48. The molecule has 3 N–H and O–H groups in total. The summed E-state index contributed by atoms with van der Waals surface area (Å²) in [6, 6.07) is 16.1. The molecule has 7 heteroatoms. The zero-order valence-electron chi connectivity index (χ0n) is 12.9. The van der Waals surface area contributed by atoms with Gasteiger partial charge >= 0.3 is 0 Å². The quantitative estimate of drug-likeness (QED) is 0.558. The Balaban J connectivity index is 2.26. The number of nitrogen functional groups attached to an aromatic ring is 1. The van der Waals surface area contributed by atoms with Gasteiger partial charge < -0.3 is 10.8 Å². The largest absolute Gasteiger partial charge is 0.507 e. The second-order valence-electron chi connectivity index (χ2n) is 5.25. The lowest BCUT2D eigenvalue weighted by Crippen LogP contribution is -2.00. The van der Waals surface area contributed by atoms with E-state index < -0.39 is 4.92 Å². The van der Waals surface area contributed by atoms with Crippen molar-refractivity contribution in [2.45, 2.75) is 0 Å². The van der Waals surface area contributed by atoms with Gasteiger partial charge in [-0.2, -0.15) is 5.26 Å². The highest BCUT2D eigenvalue weighted by Crippen LogP contribution is 2.35. The van der Waals surface area contributed by atoms with Gasteiger partial charge in [0.1, 0.15) is 23.2 Å². The number of nitrogens with zero attached hydrogens (tertiary/aromatic N) is 3. The van der Waals surface area contributed by atoms with Gasteiger partial charge in [-0.05, 0) is 23.8 Å². The Morgan fingerprint density at radius 1 is 1.12 bits per heavy atom. The second-order valence-corrected chi connectivity index (χ2v) is 5.25. The lowest BCUT2D eigenvalue weighted by molar-refractivity contribution is -0.384. The van der Waals surface area contributed by atoms with Crippen molar-refractivity contribution in [1.29, 1.82) is 5.26 Å². The number of nitro groups is 1. The Labute approximate surface area is 142 Å². The summed E-state index contributed by atoms with van der Waals surface area (Å²) in [5.41, 5.74) is 7.64. The number of nitriles is 1. The topological polar surface area (TPSA) is 126 Å². The minimum Gasteiger partial charge on any atom is -0.507 e. The zero-order chi connectivity index (χ0) is 18.0. The van der Waals surface area contributed by atoms with E-state index in [0.29, 0.717) is 22.4 Å². The molecule has 0 aliphatic rings. The zero-order valence-corrected chi connectivity index (χ0v) is 12.9.